The van der Waals surface area contributed by atoms with Crippen molar-refractivity contribution in [2.24, 2.45) is 0 Å². The molecule has 1 aliphatic rings. The summed E-state index contributed by atoms with van der Waals surface area (Å²) in [7, 11) is 0. The van der Waals surface area contributed by atoms with E-state index in [0.29, 0.717) is 42.2 Å². The summed E-state index contributed by atoms with van der Waals surface area (Å²) < 4.78 is 30.5. The van der Waals surface area contributed by atoms with Gasteiger partial charge in [-0.1, -0.05) is 32.0 Å². The number of hydrogen-bond donors (Lipinski definition) is 0. The summed E-state index contributed by atoms with van der Waals surface area (Å²) in [4.78, 5) is 43.5. The maximum atomic E-state index is 14.9. The molecule has 3 aromatic heterocycles. The van der Waals surface area contributed by atoms with Gasteiger partial charge in [-0.2, -0.15) is 4.98 Å². The van der Waals surface area contributed by atoms with Crippen LogP contribution in [0.5, 0.6) is 0 Å². The van der Waals surface area contributed by atoms with E-state index in [1.165, 1.54) is 10.6 Å². The Morgan fingerprint density at radius 3 is 2.61 bits per heavy atom. The highest BCUT2D eigenvalue weighted by atomic mass is 35.5. The molecule has 212 valence electrons. The second-order valence-electron chi connectivity index (χ2n) is 10.4. The minimum absolute atomic E-state index is 0.0106. The predicted molar refractivity (Wildman–Crippen MR) is 156 cm³/mol. The Labute approximate surface area is 240 Å². The Balaban J connectivity index is 1.82. The molecule has 0 aliphatic carbocycles. The number of pyridine rings is 2. The molecule has 8 nitrogen and oxygen atoms in total. The number of carbonyl (C=O) groups is 1. The zero-order chi connectivity index (χ0) is 29.6. The van der Waals surface area contributed by atoms with Crippen molar-refractivity contribution in [2.45, 2.75) is 39.7 Å². The number of anilines is 1. The maximum absolute atomic E-state index is 14.9. The van der Waals surface area contributed by atoms with E-state index in [-0.39, 0.29) is 39.8 Å². The van der Waals surface area contributed by atoms with Gasteiger partial charge in [-0.25, -0.2) is 23.1 Å². The van der Waals surface area contributed by atoms with Crippen LogP contribution in [0.4, 0.5) is 14.6 Å². The smallest absolute Gasteiger partial charge is 0.350 e. The molecule has 1 aliphatic heterocycles. The fourth-order valence-corrected chi connectivity index (χ4v) is 5.53. The van der Waals surface area contributed by atoms with Gasteiger partial charge >= 0.3 is 5.69 Å². The predicted octanol–water partition coefficient (Wildman–Crippen LogP) is 5.43. The lowest BCUT2D eigenvalue weighted by Crippen LogP contribution is -2.54. The molecule has 1 fully saturated rings. The zero-order valence-corrected chi connectivity index (χ0v) is 23.9. The molecule has 41 heavy (non-hydrogen) atoms. The fraction of sp³-hybridized carbons (Fsp3) is 0.300. The Morgan fingerprint density at radius 1 is 1.17 bits per heavy atom. The second kappa shape index (κ2) is 11.0. The monoisotopic (exact) mass is 578 g/mol. The van der Waals surface area contributed by atoms with Crippen molar-refractivity contribution >= 4 is 34.4 Å². The molecule has 1 amide bonds. The highest BCUT2D eigenvalue weighted by Gasteiger charge is 2.30. The quantitative estimate of drug-likeness (QED) is 0.294. The van der Waals surface area contributed by atoms with Gasteiger partial charge in [0.15, 0.2) is 5.65 Å². The van der Waals surface area contributed by atoms with Gasteiger partial charge in [0.05, 0.1) is 27.5 Å². The SMILES string of the molecule is C=CC(=O)N1CCN(c2nc(=O)n(-c3c(C)ccnc3C(C)C)c3nc(-c4cc(F)ccc4F)c(Cl)cc23)[C@@H](C)C1. The largest absolute Gasteiger partial charge is 0.355 e. The number of fused-ring (bicyclic) bond motifs is 1. The van der Waals surface area contributed by atoms with Crippen LogP contribution in [0.3, 0.4) is 0 Å². The molecular formula is C30H29ClF2N6O2. The van der Waals surface area contributed by atoms with Crippen LogP contribution >= 0.6 is 11.6 Å². The maximum Gasteiger partial charge on any atom is 0.355 e. The van der Waals surface area contributed by atoms with Crippen LogP contribution in [0, 0.1) is 18.6 Å². The second-order valence-corrected chi connectivity index (χ2v) is 10.8. The van der Waals surface area contributed by atoms with Crippen LogP contribution in [-0.4, -0.2) is 56.0 Å². The van der Waals surface area contributed by atoms with E-state index in [9.17, 15) is 18.4 Å². The number of carbonyl (C=O) groups excluding carboxylic acids is 1. The zero-order valence-electron chi connectivity index (χ0n) is 23.2. The first-order chi connectivity index (χ1) is 19.5. The molecule has 0 unspecified atom stereocenters. The standard InChI is InChI=1S/C30H29ClF2N6O2/c1-6-24(40)37-11-12-38(18(5)15-37)28-21-14-22(31)26(20-13-19(32)7-8-23(20)33)35-29(21)39(30(41)36-28)27-17(4)9-10-34-25(27)16(2)3/h6-10,13-14,16,18H,1,11-12,15H2,2-5H3/t18-/m0/s1. The topological polar surface area (TPSA) is 84.2 Å². The minimum atomic E-state index is -0.708. The minimum Gasteiger partial charge on any atom is -0.350 e. The summed E-state index contributed by atoms with van der Waals surface area (Å²) in [6.45, 7) is 12.5. The average molecular weight is 579 g/mol. The summed E-state index contributed by atoms with van der Waals surface area (Å²) in [6, 6.07) is 6.20. The van der Waals surface area contributed by atoms with Crippen LogP contribution < -0.4 is 10.6 Å². The van der Waals surface area contributed by atoms with Crippen molar-refractivity contribution in [2.75, 3.05) is 24.5 Å². The number of rotatable bonds is 5. The lowest BCUT2D eigenvalue weighted by molar-refractivity contribution is -0.126. The van der Waals surface area contributed by atoms with E-state index in [1.807, 2.05) is 32.6 Å². The van der Waals surface area contributed by atoms with Crippen LogP contribution in [0.2, 0.25) is 5.02 Å². The van der Waals surface area contributed by atoms with E-state index in [1.54, 1.807) is 23.2 Å². The highest BCUT2D eigenvalue weighted by molar-refractivity contribution is 6.33. The molecule has 5 rings (SSSR count). The number of benzene rings is 1. The fourth-order valence-electron chi connectivity index (χ4n) is 5.28. The van der Waals surface area contributed by atoms with Gasteiger partial charge in [0, 0.05) is 37.4 Å². The third-order valence-electron chi connectivity index (χ3n) is 7.30. The van der Waals surface area contributed by atoms with Crippen molar-refractivity contribution in [3.63, 3.8) is 0 Å². The molecule has 1 saturated heterocycles. The van der Waals surface area contributed by atoms with Crippen molar-refractivity contribution < 1.29 is 13.6 Å². The van der Waals surface area contributed by atoms with E-state index < -0.39 is 17.3 Å². The molecule has 0 saturated carbocycles. The number of piperazine rings is 1. The third-order valence-corrected chi connectivity index (χ3v) is 7.58. The van der Waals surface area contributed by atoms with Gasteiger partial charge in [0.2, 0.25) is 5.91 Å². The number of aryl methyl sites for hydroxylation is 1. The normalized spacial score (nSPS) is 15.6. The van der Waals surface area contributed by atoms with Crippen molar-refractivity contribution in [3.05, 3.63) is 87.6 Å². The molecule has 0 N–H and O–H groups in total. The number of amides is 1. The Kier molecular flexibility index (Phi) is 7.61. The molecule has 1 aromatic carbocycles. The van der Waals surface area contributed by atoms with Gasteiger partial charge in [-0.15, -0.1) is 0 Å². The van der Waals surface area contributed by atoms with Crippen LogP contribution in [0.1, 0.15) is 37.9 Å². The molecular weight excluding hydrogens is 550 g/mol. The number of halogens is 3. The Hall–Kier alpha value is -4.18. The van der Waals surface area contributed by atoms with Crippen molar-refractivity contribution in [1.29, 1.82) is 0 Å². The molecule has 11 heteroatoms. The van der Waals surface area contributed by atoms with Gasteiger partial charge in [-0.05, 0) is 61.7 Å². The molecule has 0 spiro atoms. The number of nitrogens with zero attached hydrogens (tertiary/aromatic N) is 6. The number of aromatic nitrogens is 4. The van der Waals surface area contributed by atoms with Gasteiger partial charge in [0.25, 0.3) is 0 Å². The van der Waals surface area contributed by atoms with Crippen LogP contribution in [0.15, 0.2) is 54.0 Å². The average Bonchev–Trinajstić information content (AvgIpc) is 2.94. The Morgan fingerprint density at radius 2 is 1.93 bits per heavy atom. The van der Waals surface area contributed by atoms with Crippen molar-refractivity contribution in [3.8, 4) is 16.9 Å². The first kappa shape index (κ1) is 28.4. The van der Waals surface area contributed by atoms with Gasteiger partial charge in [0.1, 0.15) is 17.5 Å². The summed E-state index contributed by atoms with van der Waals surface area (Å²) in [6.07, 6.45) is 2.95. The molecule has 4 aromatic rings. The lowest BCUT2D eigenvalue weighted by Gasteiger charge is -2.40. The first-order valence-corrected chi connectivity index (χ1v) is 13.6. The number of hydrogen-bond acceptors (Lipinski definition) is 6. The molecule has 4 heterocycles. The van der Waals surface area contributed by atoms with E-state index in [0.717, 1.165) is 23.8 Å². The third kappa shape index (κ3) is 5.08. The van der Waals surface area contributed by atoms with Crippen LogP contribution in [-0.2, 0) is 4.79 Å². The summed E-state index contributed by atoms with van der Waals surface area (Å²) in [5.74, 6) is -1.25. The van der Waals surface area contributed by atoms with Crippen molar-refractivity contribution in [1.82, 2.24) is 24.4 Å². The summed E-state index contributed by atoms with van der Waals surface area (Å²) in [5.41, 5.74) is 1.37. The molecule has 0 bridgehead atoms. The van der Waals surface area contributed by atoms with Gasteiger partial charge in [-0.3, -0.25) is 9.78 Å². The highest BCUT2D eigenvalue weighted by Crippen LogP contribution is 2.36. The summed E-state index contributed by atoms with van der Waals surface area (Å²) in [5, 5.41) is 0.513. The van der Waals surface area contributed by atoms with E-state index >= 15 is 0 Å². The molecule has 0 radical (unpaired) electrons. The van der Waals surface area contributed by atoms with Gasteiger partial charge < -0.3 is 9.80 Å². The first-order valence-electron chi connectivity index (χ1n) is 13.2. The van der Waals surface area contributed by atoms with Crippen LogP contribution in [0.25, 0.3) is 28.0 Å². The van der Waals surface area contributed by atoms with E-state index in [2.05, 4.69) is 16.5 Å². The lowest BCUT2D eigenvalue weighted by atomic mass is 10.0. The van der Waals surface area contributed by atoms with E-state index in [4.69, 9.17) is 16.6 Å². The molecule has 1 atom stereocenters. The summed E-state index contributed by atoms with van der Waals surface area (Å²) >= 11 is 6.68. The Bertz CT molecular complexity index is 1760.